The lowest BCUT2D eigenvalue weighted by molar-refractivity contribution is -0.0979. The molecule has 0 aromatic heterocycles. The van der Waals surface area contributed by atoms with Crippen molar-refractivity contribution in [3.8, 4) is 11.5 Å². The minimum absolute atomic E-state index is 0.0880. The van der Waals surface area contributed by atoms with Crippen molar-refractivity contribution in [2.24, 2.45) is 0 Å². The second-order valence-corrected chi connectivity index (χ2v) is 1.77. The Morgan fingerprint density at radius 2 is 1.38 bits per heavy atom. The van der Waals surface area contributed by atoms with Gasteiger partial charge in [0.05, 0.1) is 0 Å². The second-order valence-electron chi connectivity index (χ2n) is 1.60. The van der Waals surface area contributed by atoms with E-state index in [-0.39, 0.29) is 11.5 Å². The highest BCUT2D eigenvalue weighted by molar-refractivity contribution is 5.94. The van der Waals surface area contributed by atoms with E-state index in [1.165, 1.54) is 18.2 Å². The van der Waals surface area contributed by atoms with E-state index in [0.717, 1.165) is 0 Å². The Balaban J connectivity index is 0. The molecule has 0 aliphatic heterocycles. The molecule has 0 saturated heterocycles. The molecule has 0 fully saturated rings. The van der Waals surface area contributed by atoms with Crippen molar-refractivity contribution >= 4 is 16.1 Å². The van der Waals surface area contributed by atoms with E-state index in [1.807, 2.05) is 6.79 Å². The summed E-state index contributed by atoms with van der Waals surface area (Å²) in [5, 5.41) is 17.3. The standard InChI is InChI=1S/C6H6O2.CH2O.O2Si/c7-5-2-1-3-6(8)4-5;1-2;1-3-2/h1-4,7-8H;1H2;. The summed E-state index contributed by atoms with van der Waals surface area (Å²) in [7, 11) is -1.42. The summed E-state index contributed by atoms with van der Waals surface area (Å²) < 4.78 is 16.8. The summed E-state index contributed by atoms with van der Waals surface area (Å²) in [6.07, 6.45) is 0. The van der Waals surface area contributed by atoms with Crippen LogP contribution in [0, 0.1) is 0 Å². The molecular weight excluding hydrogens is 192 g/mol. The molecule has 5 nitrogen and oxygen atoms in total. The average molecular weight is 200 g/mol. The zero-order valence-electron chi connectivity index (χ0n) is 6.64. The number of phenolic OH excluding ortho intramolecular Hbond substituents is 2. The van der Waals surface area contributed by atoms with Gasteiger partial charge in [0.25, 0.3) is 0 Å². The topological polar surface area (TPSA) is 91.7 Å². The largest absolute Gasteiger partial charge is 0.549 e. The van der Waals surface area contributed by atoms with Gasteiger partial charge in [-0.25, -0.2) is 0 Å². The third-order valence-electron chi connectivity index (χ3n) is 0.830. The van der Waals surface area contributed by atoms with Gasteiger partial charge in [0, 0.05) is 6.07 Å². The van der Waals surface area contributed by atoms with Gasteiger partial charge < -0.3 is 15.0 Å². The van der Waals surface area contributed by atoms with Crippen molar-refractivity contribution in [3.05, 3.63) is 24.3 Å². The summed E-state index contributed by atoms with van der Waals surface area (Å²) in [6.45, 7) is 2.00. The van der Waals surface area contributed by atoms with Crippen molar-refractivity contribution in [1.29, 1.82) is 0 Å². The van der Waals surface area contributed by atoms with E-state index in [1.54, 1.807) is 6.07 Å². The van der Waals surface area contributed by atoms with Gasteiger partial charge in [0.2, 0.25) is 0 Å². The lowest BCUT2D eigenvalue weighted by Crippen LogP contribution is -1.61. The molecule has 0 spiro atoms. The fourth-order valence-corrected chi connectivity index (χ4v) is 0.493. The highest BCUT2D eigenvalue weighted by Gasteiger charge is 1.85. The Bertz CT molecular complexity index is 252. The van der Waals surface area contributed by atoms with Gasteiger partial charge >= 0.3 is 9.29 Å². The zero-order valence-corrected chi connectivity index (χ0v) is 7.64. The van der Waals surface area contributed by atoms with Gasteiger partial charge in [-0.15, -0.1) is 0 Å². The molecule has 70 valence electrons. The van der Waals surface area contributed by atoms with Crippen LogP contribution in [-0.4, -0.2) is 26.3 Å². The summed E-state index contributed by atoms with van der Waals surface area (Å²) in [5.74, 6) is 0.176. The van der Waals surface area contributed by atoms with E-state index in [0.29, 0.717) is 0 Å². The maximum absolute atomic E-state index is 8.65. The average Bonchev–Trinajstić information content (AvgIpc) is 2.08. The van der Waals surface area contributed by atoms with Crippen LogP contribution in [0.2, 0.25) is 0 Å². The van der Waals surface area contributed by atoms with Crippen LogP contribution in [0.3, 0.4) is 0 Å². The third kappa shape index (κ3) is 10.3. The Labute approximate surface area is 76.6 Å². The first kappa shape index (κ1) is 13.9. The fraction of sp³-hybridized carbons (Fsp3) is 0. The van der Waals surface area contributed by atoms with Crippen LogP contribution >= 0.6 is 0 Å². The lowest BCUT2D eigenvalue weighted by Gasteiger charge is -1.89. The van der Waals surface area contributed by atoms with Crippen LogP contribution in [0.15, 0.2) is 24.3 Å². The van der Waals surface area contributed by atoms with E-state index in [2.05, 4.69) is 0 Å². The van der Waals surface area contributed by atoms with Gasteiger partial charge in [-0.1, -0.05) is 6.07 Å². The predicted molar refractivity (Wildman–Crippen MR) is 44.0 cm³/mol. The number of hydrogen-bond donors (Lipinski definition) is 2. The van der Waals surface area contributed by atoms with Crippen LogP contribution in [-0.2, 0) is 13.7 Å². The molecule has 0 radical (unpaired) electrons. The number of phenols is 2. The molecule has 0 atom stereocenters. The molecule has 1 rings (SSSR count). The molecule has 1 aromatic carbocycles. The van der Waals surface area contributed by atoms with Gasteiger partial charge in [0.15, 0.2) is 0 Å². The minimum Gasteiger partial charge on any atom is -0.508 e. The van der Waals surface area contributed by atoms with E-state index >= 15 is 0 Å². The second kappa shape index (κ2) is 10.3. The molecule has 0 heterocycles. The molecule has 13 heavy (non-hydrogen) atoms. The normalized spacial score (nSPS) is 6.46. The van der Waals surface area contributed by atoms with Gasteiger partial charge in [0.1, 0.15) is 18.3 Å². The maximum Gasteiger partial charge on any atom is 0.549 e. The van der Waals surface area contributed by atoms with Crippen LogP contribution in [0.5, 0.6) is 11.5 Å². The molecule has 0 unspecified atom stereocenters. The number of aromatic hydroxyl groups is 2. The number of hydrogen-bond acceptors (Lipinski definition) is 5. The van der Waals surface area contributed by atoms with Crippen molar-refractivity contribution in [2.75, 3.05) is 0 Å². The molecule has 0 bridgehead atoms. The summed E-state index contributed by atoms with van der Waals surface area (Å²) >= 11 is 0. The van der Waals surface area contributed by atoms with E-state index in [4.69, 9.17) is 23.9 Å². The summed E-state index contributed by atoms with van der Waals surface area (Å²) in [4.78, 5) is 8.00. The molecular formula is C7H8O5Si. The highest BCUT2D eigenvalue weighted by atomic mass is 28.2. The summed E-state index contributed by atoms with van der Waals surface area (Å²) in [6, 6.07) is 5.85. The van der Waals surface area contributed by atoms with Crippen molar-refractivity contribution in [2.45, 2.75) is 0 Å². The first-order chi connectivity index (χ1) is 6.20. The van der Waals surface area contributed by atoms with Crippen molar-refractivity contribution < 1.29 is 23.9 Å². The van der Waals surface area contributed by atoms with Crippen LogP contribution < -0.4 is 0 Å². The Morgan fingerprint density at radius 1 is 1.08 bits per heavy atom. The van der Waals surface area contributed by atoms with Gasteiger partial charge in [-0.3, -0.25) is 8.92 Å². The van der Waals surface area contributed by atoms with E-state index < -0.39 is 9.29 Å². The number of rotatable bonds is 0. The molecule has 2 N–H and O–H groups in total. The maximum atomic E-state index is 8.65. The van der Waals surface area contributed by atoms with Crippen molar-refractivity contribution in [1.82, 2.24) is 0 Å². The third-order valence-corrected chi connectivity index (χ3v) is 0.830. The highest BCUT2D eigenvalue weighted by Crippen LogP contribution is 2.14. The summed E-state index contributed by atoms with van der Waals surface area (Å²) in [5.41, 5.74) is 0. The molecule has 0 amide bonds. The van der Waals surface area contributed by atoms with Crippen molar-refractivity contribution in [3.63, 3.8) is 0 Å². The molecule has 1 aromatic rings. The monoisotopic (exact) mass is 200 g/mol. The minimum atomic E-state index is -1.42. The first-order valence-electron chi connectivity index (χ1n) is 2.97. The van der Waals surface area contributed by atoms with E-state index in [9.17, 15) is 0 Å². The van der Waals surface area contributed by atoms with Gasteiger partial charge in [-0.05, 0) is 12.1 Å². The quantitative estimate of drug-likeness (QED) is 0.587. The molecule has 0 saturated carbocycles. The predicted octanol–water partition coefficient (Wildman–Crippen LogP) is 0.294. The molecule has 0 aliphatic rings. The van der Waals surface area contributed by atoms with Gasteiger partial charge in [-0.2, -0.15) is 0 Å². The Morgan fingerprint density at radius 3 is 1.54 bits per heavy atom. The van der Waals surface area contributed by atoms with Crippen LogP contribution in [0.25, 0.3) is 0 Å². The Hall–Kier alpha value is -1.69. The zero-order chi connectivity index (χ0) is 10.7. The number of carbonyl (C=O) groups is 1. The van der Waals surface area contributed by atoms with Crippen LogP contribution in [0.1, 0.15) is 0 Å². The Kier molecular flexibility index (Phi) is 11.0. The number of benzene rings is 1. The fourth-order valence-electron chi connectivity index (χ4n) is 0.493. The SMILES string of the molecule is C=O.O=[Si]=O.Oc1cccc(O)c1. The smallest absolute Gasteiger partial charge is 0.508 e. The van der Waals surface area contributed by atoms with Crippen LogP contribution in [0.4, 0.5) is 0 Å². The molecule has 6 heteroatoms. The molecule has 0 aliphatic carbocycles. The first-order valence-corrected chi connectivity index (χ1v) is 3.78. The lowest BCUT2D eigenvalue weighted by atomic mass is 10.3. The number of carbonyl (C=O) groups excluding carboxylic acids is 1.